The average molecular weight is 373 g/mol. The van der Waals surface area contributed by atoms with Crippen LogP contribution in [-0.4, -0.2) is 15.5 Å². The molecule has 6 heteroatoms. The Hall–Kier alpha value is -3.67. The predicted molar refractivity (Wildman–Crippen MR) is 107 cm³/mol. The number of para-hydroxylation sites is 2. The van der Waals surface area contributed by atoms with Crippen LogP contribution in [0.5, 0.6) is 0 Å². The van der Waals surface area contributed by atoms with Gasteiger partial charge in [0.2, 0.25) is 5.91 Å². The number of amides is 1. The quantitative estimate of drug-likeness (QED) is 0.537. The molecule has 2 aromatic carbocycles. The highest BCUT2D eigenvalue weighted by molar-refractivity contribution is 5.93. The summed E-state index contributed by atoms with van der Waals surface area (Å²) in [6.45, 7) is 2.08. The zero-order chi connectivity index (χ0) is 19.5. The third-order valence-electron chi connectivity index (χ3n) is 4.62. The van der Waals surface area contributed by atoms with E-state index in [4.69, 9.17) is 4.42 Å². The first-order valence-electron chi connectivity index (χ1n) is 8.96. The molecule has 0 atom stereocenters. The van der Waals surface area contributed by atoms with Gasteiger partial charge in [-0.3, -0.25) is 14.2 Å². The normalized spacial score (nSPS) is 10.9. The summed E-state index contributed by atoms with van der Waals surface area (Å²) in [5.41, 5.74) is 2.10. The van der Waals surface area contributed by atoms with E-state index in [1.54, 1.807) is 23.3 Å². The summed E-state index contributed by atoms with van der Waals surface area (Å²) in [5, 5.41) is 0.507. The molecule has 0 aliphatic rings. The van der Waals surface area contributed by atoms with Gasteiger partial charge in [-0.2, -0.15) is 0 Å². The molecule has 6 nitrogen and oxygen atoms in total. The monoisotopic (exact) mass is 373 g/mol. The van der Waals surface area contributed by atoms with Gasteiger partial charge < -0.3 is 9.32 Å². The van der Waals surface area contributed by atoms with Crippen molar-refractivity contribution < 1.29 is 9.21 Å². The zero-order valence-corrected chi connectivity index (χ0v) is 15.4. The zero-order valence-electron chi connectivity index (χ0n) is 15.4. The number of benzene rings is 2. The fourth-order valence-corrected chi connectivity index (χ4v) is 3.17. The number of rotatable bonds is 5. The van der Waals surface area contributed by atoms with E-state index in [2.05, 4.69) is 4.98 Å². The maximum atomic E-state index is 13.1. The molecule has 0 N–H and O–H groups in total. The SMILES string of the molecule is Cc1cccc2c(=O)n(CC(=O)N(Cc3ccco3)c3ccccc3)cnc12. The summed E-state index contributed by atoms with van der Waals surface area (Å²) in [6, 6.07) is 18.4. The van der Waals surface area contributed by atoms with E-state index in [0.717, 1.165) is 11.3 Å². The maximum Gasteiger partial charge on any atom is 0.261 e. The van der Waals surface area contributed by atoms with Gasteiger partial charge in [-0.05, 0) is 42.8 Å². The molecule has 140 valence electrons. The van der Waals surface area contributed by atoms with Crippen LogP contribution in [0.15, 0.2) is 82.5 Å². The van der Waals surface area contributed by atoms with Crippen molar-refractivity contribution in [1.29, 1.82) is 0 Å². The lowest BCUT2D eigenvalue weighted by molar-refractivity contribution is -0.119. The number of carbonyl (C=O) groups is 1. The molecule has 4 aromatic rings. The number of anilines is 1. The van der Waals surface area contributed by atoms with Crippen LogP contribution in [0.3, 0.4) is 0 Å². The summed E-state index contributed by atoms with van der Waals surface area (Å²) in [4.78, 5) is 31.9. The smallest absolute Gasteiger partial charge is 0.261 e. The molecule has 28 heavy (non-hydrogen) atoms. The van der Waals surface area contributed by atoms with Crippen LogP contribution in [0.4, 0.5) is 5.69 Å². The summed E-state index contributed by atoms with van der Waals surface area (Å²) < 4.78 is 6.76. The molecule has 0 fully saturated rings. The molecule has 0 saturated heterocycles. The number of aromatic nitrogens is 2. The van der Waals surface area contributed by atoms with Gasteiger partial charge in [-0.25, -0.2) is 4.98 Å². The molecule has 0 aliphatic carbocycles. The number of fused-ring (bicyclic) bond motifs is 1. The molecule has 0 radical (unpaired) electrons. The summed E-state index contributed by atoms with van der Waals surface area (Å²) in [7, 11) is 0. The van der Waals surface area contributed by atoms with Gasteiger partial charge in [0.15, 0.2) is 0 Å². The van der Waals surface area contributed by atoms with Crippen molar-refractivity contribution in [3.05, 3.63) is 94.9 Å². The highest BCUT2D eigenvalue weighted by Gasteiger charge is 2.19. The number of hydrogen-bond acceptors (Lipinski definition) is 4. The molecular formula is C22H19N3O3. The van der Waals surface area contributed by atoms with Crippen molar-refractivity contribution in [2.75, 3.05) is 4.90 Å². The fraction of sp³-hybridized carbons (Fsp3) is 0.136. The maximum absolute atomic E-state index is 13.1. The highest BCUT2D eigenvalue weighted by atomic mass is 16.3. The van der Waals surface area contributed by atoms with Gasteiger partial charge in [0, 0.05) is 5.69 Å². The molecule has 2 heterocycles. The van der Waals surface area contributed by atoms with Gasteiger partial charge in [0.1, 0.15) is 12.3 Å². The largest absolute Gasteiger partial charge is 0.467 e. The standard InChI is InChI=1S/C22H19N3O3/c1-16-7-5-11-19-21(16)23-15-24(22(19)27)14-20(26)25(13-18-10-6-12-28-18)17-8-3-2-4-9-17/h2-12,15H,13-14H2,1H3. The van der Waals surface area contributed by atoms with Crippen LogP contribution in [0, 0.1) is 6.92 Å². The third-order valence-corrected chi connectivity index (χ3v) is 4.62. The Labute approximate surface area is 161 Å². The number of hydrogen-bond donors (Lipinski definition) is 0. The summed E-state index contributed by atoms with van der Waals surface area (Å²) in [6.07, 6.45) is 3.01. The molecule has 0 unspecified atom stereocenters. The number of nitrogens with zero attached hydrogens (tertiary/aromatic N) is 3. The van der Waals surface area contributed by atoms with E-state index in [1.165, 1.54) is 10.9 Å². The Morgan fingerprint density at radius 3 is 2.64 bits per heavy atom. The lowest BCUT2D eigenvalue weighted by Crippen LogP contribution is -2.36. The predicted octanol–water partition coefficient (Wildman–Crippen LogP) is 3.53. The first-order valence-corrected chi connectivity index (χ1v) is 8.96. The van der Waals surface area contributed by atoms with Crippen molar-refractivity contribution in [3.63, 3.8) is 0 Å². The first-order chi connectivity index (χ1) is 13.6. The Bertz CT molecular complexity index is 1160. The van der Waals surface area contributed by atoms with Gasteiger partial charge in [0.05, 0.1) is 30.0 Å². The molecule has 0 aliphatic heterocycles. The Morgan fingerprint density at radius 1 is 1.07 bits per heavy atom. The van der Waals surface area contributed by atoms with Crippen LogP contribution >= 0.6 is 0 Å². The number of carbonyl (C=O) groups excluding carboxylic acids is 1. The van der Waals surface area contributed by atoms with Crippen molar-refractivity contribution in [2.24, 2.45) is 0 Å². The molecule has 0 saturated carbocycles. The molecule has 1 amide bonds. The second-order valence-electron chi connectivity index (χ2n) is 6.54. The molecule has 4 rings (SSSR count). The Morgan fingerprint density at radius 2 is 1.89 bits per heavy atom. The van der Waals surface area contributed by atoms with Crippen LogP contribution in [0.25, 0.3) is 10.9 Å². The minimum Gasteiger partial charge on any atom is -0.467 e. The Kier molecular flexibility index (Phi) is 4.76. The van der Waals surface area contributed by atoms with Crippen LogP contribution in [0.2, 0.25) is 0 Å². The lowest BCUT2D eigenvalue weighted by Gasteiger charge is -2.22. The first kappa shape index (κ1) is 17.7. The van der Waals surface area contributed by atoms with Crippen LogP contribution in [-0.2, 0) is 17.9 Å². The van der Waals surface area contributed by atoms with E-state index < -0.39 is 0 Å². The lowest BCUT2D eigenvalue weighted by atomic mass is 10.1. The minimum atomic E-state index is -0.229. The van der Waals surface area contributed by atoms with E-state index in [-0.39, 0.29) is 24.6 Å². The fourth-order valence-electron chi connectivity index (χ4n) is 3.17. The van der Waals surface area contributed by atoms with Crippen molar-refractivity contribution in [2.45, 2.75) is 20.0 Å². The van der Waals surface area contributed by atoms with E-state index in [0.29, 0.717) is 16.7 Å². The second-order valence-corrected chi connectivity index (χ2v) is 6.54. The number of furan rings is 1. The highest BCUT2D eigenvalue weighted by Crippen LogP contribution is 2.18. The van der Waals surface area contributed by atoms with Gasteiger partial charge in [-0.15, -0.1) is 0 Å². The van der Waals surface area contributed by atoms with Crippen LogP contribution in [0.1, 0.15) is 11.3 Å². The molecular weight excluding hydrogens is 354 g/mol. The van der Waals surface area contributed by atoms with Crippen LogP contribution < -0.4 is 10.5 Å². The number of aryl methyl sites for hydroxylation is 1. The van der Waals surface area contributed by atoms with Crippen molar-refractivity contribution in [1.82, 2.24) is 9.55 Å². The second kappa shape index (κ2) is 7.52. The van der Waals surface area contributed by atoms with Gasteiger partial charge in [0.25, 0.3) is 5.56 Å². The van der Waals surface area contributed by atoms with Gasteiger partial charge >= 0.3 is 0 Å². The van der Waals surface area contributed by atoms with Crippen molar-refractivity contribution >= 4 is 22.5 Å². The van der Waals surface area contributed by atoms with Gasteiger partial charge in [-0.1, -0.05) is 30.3 Å². The molecule has 0 spiro atoms. The Balaban J connectivity index is 1.67. The summed E-state index contributed by atoms with van der Waals surface area (Å²) in [5.74, 6) is 0.440. The third kappa shape index (κ3) is 3.44. The van der Waals surface area contributed by atoms with E-state index in [1.807, 2.05) is 55.5 Å². The molecule has 2 aromatic heterocycles. The molecule has 0 bridgehead atoms. The van der Waals surface area contributed by atoms with E-state index >= 15 is 0 Å². The minimum absolute atomic E-state index is 0.106. The average Bonchev–Trinajstić information content (AvgIpc) is 3.23. The van der Waals surface area contributed by atoms with Crippen molar-refractivity contribution in [3.8, 4) is 0 Å². The van der Waals surface area contributed by atoms with E-state index in [9.17, 15) is 9.59 Å². The summed E-state index contributed by atoms with van der Waals surface area (Å²) >= 11 is 0. The topological polar surface area (TPSA) is 68.3 Å².